The predicted molar refractivity (Wildman–Crippen MR) is 99.4 cm³/mol. The lowest BCUT2D eigenvalue weighted by Crippen LogP contribution is -2.12. The predicted octanol–water partition coefficient (Wildman–Crippen LogP) is 4.99. The van der Waals surface area contributed by atoms with Crippen LogP contribution in [0.15, 0.2) is 69.9 Å². The van der Waals surface area contributed by atoms with Gasteiger partial charge in [-0.25, -0.2) is 4.39 Å². The summed E-state index contributed by atoms with van der Waals surface area (Å²) in [4.78, 5) is 24.9. The van der Waals surface area contributed by atoms with Crippen molar-refractivity contribution in [3.8, 4) is 0 Å². The SMILES string of the molecule is O=C(Nc1ccc2c(=O)c3cccc(F)c3oc2c1)c1ccccc1Cl. The average Bonchev–Trinajstić information content (AvgIpc) is 2.63. The van der Waals surface area contributed by atoms with Crippen LogP contribution in [0.1, 0.15) is 10.4 Å². The Morgan fingerprint density at radius 2 is 1.81 bits per heavy atom. The third-order valence-electron chi connectivity index (χ3n) is 4.03. The van der Waals surface area contributed by atoms with E-state index in [1.807, 2.05) is 0 Å². The number of hydrogen-bond acceptors (Lipinski definition) is 3. The van der Waals surface area contributed by atoms with Crippen molar-refractivity contribution in [2.24, 2.45) is 0 Å². The number of halogens is 2. The molecular formula is C20H11ClFNO3. The molecule has 0 saturated carbocycles. The Bertz CT molecular complexity index is 1230. The van der Waals surface area contributed by atoms with Gasteiger partial charge in [0.25, 0.3) is 5.91 Å². The first-order chi connectivity index (χ1) is 12.5. The summed E-state index contributed by atoms with van der Waals surface area (Å²) in [5.41, 5.74) is 0.468. The Labute approximate surface area is 151 Å². The normalized spacial score (nSPS) is 11.0. The minimum atomic E-state index is -0.619. The number of carbonyl (C=O) groups is 1. The highest BCUT2D eigenvalue weighted by Gasteiger charge is 2.13. The molecule has 4 nitrogen and oxygen atoms in total. The third kappa shape index (κ3) is 2.72. The standard InChI is InChI=1S/C20H11ClFNO3/c21-15-6-2-1-4-12(15)20(25)23-11-8-9-13-17(10-11)26-19-14(18(13)24)5-3-7-16(19)22/h1-10H,(H,23,25). The lowest BCUT2D eigenvalue weighted by atomic mass is 10.1. The van der Waals surface area contributed by atoms with Crippen LogP contribution in [-0.2, 0) is 0 Å². The first-order valence-electron chi connectivity index (χ1n) is 7.75. The minimum Gasteiger partial charge on any atom is -0.453 e. The fourth-order valence-corrected chi connectivity index (χ4v) is 2.98. The molecule has 1 aromatic heterocycles. The van der Waals surface area contributed by atoms with Gasteiger partial charge in [-0.3, -0.25) is 9.59 Å². The Morgan fingerprint density at radius 1 is 1.00 bits per heavy atom. The van der Waals surface area contributed by atoms with Crippen molar-refractivity contribution in [2.45, 2.75) is 0 Å². The van der Waals surface area contributed by atoms with E-state index in [-0.39, 0.29) is 22.0 Å². The average molecular weight is 368 g/mol. The topological polar surface area (TPSA) is 59.3 Å². The number of para-hydroxylation sites is 1. The number of hydrogen-bond donors (Lipinski definition) is 1. The molecule has 26 heavy (non-hydrogen) atoms. The van der Waals surface area contributed by atoms with Gasteiger partial charge in [-0.15, -0.1) is 0 Å². The van der Waals surface area contributed by atoms with Crippen LogP contribution < -0.4 is 10.7 Å². The van der Waals surface area contributed by atoms with Crippen molar-refractivity contribution in [1.29, 1.82) is 0 Å². The van der Waals surface area contributed by atoms with Crippen molar-refractivity contribution in [3.05, 3.63) is 87.3 Å². The zero-order chi connectivity index (χ0) is 18.3. The monoisotopic (exact) mass is 367 g/mol. The van der Waals surface area contributed by atoms with Gasteiger partial charge in [-0.2, -0.15) is 0 Å². The second kappa shape index (κ2) is 6.28. The summed E-state index contributed by atoms with van der Waals surface area (Å²) in [5, 5.41) is 3.49. The van der Waals surface area contributed by atoms with Crippen molar-refractivity contribution in [3.63, 3.8) is 0 Å². The number of anilines is 1. The van der Waals surface area contributed by atoms with Gasteiger partial charge in [0.2, 0.25) is 5.43 Å². The summed E-state index contributed by atoms with van der Waals surface area (Å²) in [7, 11) is 0. The number of amides is 1. The van der Waals surface area contributed by atoms with Crippen LogP contribution in [0.3, 0.4) is 0 Å². The fourth-order valence-electron chi connectivity index (χ4n) is 2.76. The van der Waals surface area contributed by atoms with Gasteiger partial charge in [0.15, 0.2) is 11.4 Å². The Balaban J connectivity index is 1.79. The highest BCUT2D eigenvalue weighted by Crippen LogP contribution is 2.24. The molecule has 128 valence electrons. The summed E-state index contributed by atoms with van der Waals surface area (Å²) in [6.07, 6.45) is 0. The van der Waals surface area contributed by atoms with E-state index in [0.29, 0.717) is 21.7 Å². The van der Waals surface area contributed by atoms with Crippen LogP contribution in [0.2, 0.25) is 5.02 Å². The number of benzene rings is 3. The van der Waals surface area contributed by atoms with Gasteiger partial charge < -0.3 is 9.73 Å². The van der Waals surface area contributed by atoms with Gasteiger partial charge in [-0.05, 0) is 36.4 Å². The van der Waals surface area contributed by atoms with Crippen LogP contribution in [0.5, 0.6) is 0 Å². The van der Waals surface area contributed by atoms with Gasteiger partial charge in [0.1, 0.15) is 5.58 Å². The number of carbonyl (C=O) groups excluding carboxylic acids is 1. The first kappa shape index (κ1) is 16.3. The van der Waals surface area contributed by atoms with Crippen LogP contribution in [0.25, 0.3) is 21.9 Å². The molecule has 4 rings (SSSR count). The molecule has 0 aliphatic heterocycles. The molecule has 0 unspecified atom stereocenters. The van der Waals surface area contributed by atoms with Gasteiger partial charge in [0, 0.05) is 11.8 Å². The van der Waals surface area contributed by atoms with Crippen LogP contribution in [-0.4, -0.2) is 5.91 Å². The first-order valence-corrected chi connectivity index (χ1v) is 8.13. The summed E-state index contributed by atoms with van der Waals surface area (Å²) in [5.74, 6) is -1.02. The van der Waals surface area contributed by atoms with Crippen molar-refractivity contribution >= 4 is 45.1 Å². The van der Waals surface area contributed by atoms with Crippen LogP contribution in [0, 0.1) is 5.82 Å². The van der Waals surface area contributed by atoms with E-state index in [1.54, 1.807) is 30.3 Å². The summed E-state index contributed by atoms with van der Waals surface area (Å²) in [6.45, 7) is 0. The molecule has 0 fully saturated rings. The molecule has 3 aromatic carbocycles. The fraction of sp³-hybridized carbons (Fsp3) is 0. The highest BCUT2D eigenvalue weighted by atomic mass is 35.5. The molecular weight excluding hydrogens is 357 g/mol. The molecule has 0 radical (unpaired) electrons. The third-order valence-corrected chi connectivity index (χ3v) is 4.36. The lowest BCUT2D eigenvalue weighted by Gasteiger charge is -2.08. The maximum atomic E-state index is 14.0. The Hall–Kier alpha value is -3.18. The van der Waals surface area contributed by atoms with Gasteiger partial charge >= 0.3 is 0 Å². The molecule has 0 spiro atoms. The number of nitrogens with one attached hydrogen (secondary N) is 1. The molecule has 0 aliphatic rings. The quantitative estimate of drug-likeness (QED) is 0.508. The molecule has 1 amide bonds. The number of rotatable bonds is 2. The van der Waals surface area contributed by atoms with Crippen molar-refractivity contribution in [1.82, 2.24) is 0 Å². The largest absolute Gasteiger partial charge is 0.453 e. The van der Waals surface area contributed by atoms with E-state index < -0.39 is 11.7 Å². The lowest BCUT2D eigenvalue weighted by molar-refractivity contribution is 0.102. The van der Waals surface area contributed by atoms with E-state index in [0.717, 1.165) is 0 Å². The highest BCUT2D eigenvalue weighted by molar-refractivity contribution is 6.34. The number of fused-ring (bicyclic) bond motifs is 2. The molecule has 6 heteroatoms. The molecule has 0 aliphatic carbocycles. The van der Waals surface area contributed by atoms with E-state index in [9.17, 15) is 14.0 Å². The zero-order valence-corrected chi connectivity index (χ0v) is 14.0. The second-order valence-electron chi connectivity index (χ2n) is 5.69. The van der Waals surface area contributed by atoms with Crippen molar-refractivity contribution < 1.29 is 13.6 Å². The van der Waals surface area contributed by atoms with E-state index in [4.69, 9.17) is 16.0 Å². The Kier molecular flexibility index (Phi) is 3.93. The van der Waals surface area contributed by atoms with Crippen LogP contribution in [0.4, 0.5) is 10.1 Å². The van der Waals surface area contributed by atoms with Gasteiger partial charge in [-0.1, -0.05) is 29.8 Å². The van der Waals surface area contributed by atoms with E-state index in [1.165, 1.54) is 30.3 Å². The molecule has 1 heterocycles. The summed E-state index contributed by atoms with van der Waals surface area (Å²) >= 11 is 6.02. The smallest absolute Gasteiger partial charge is 0.257 e. The maximum absolute atomic E-state index is 14.0. The second-order valence-corrected chi connectivity index (χ2v) is 6.10. The van der Waals surface area contributed by atoms with E-state index >= 15 is 0 Å². The van der Waals surface area contributed by atoms with Gasteiger partial charge in [0.05, 0.1) is 21.4 Å². The van der Waals surface area contributed by atoms with E-state index in [2.05, 4.69) is 5.32 Å². The molecule has 0 saturated heterocycles. The summed E-state index contributed by atoms with van der Waals surface area (Å²) in [6, 6.07) is 15.4. The van der Waals surface area contributed by atoms with Crippen LogP contribution >= 0.6 is 11.6 Å². The zero-order valence-electron chi connectivity index (χ0n) is 13.3. The summed E-state index contributed by atoms with van der Waals surface area (Å²) < 4.78 is 19.5. The maximum Gasteiger partial charge on any atom is 0.257 e. The Morgan fingerprint density at radius 3 is 2.62 bits per heavy atom. The molecule has 1 N–H and O–H groups in total. The molecule has 0 bridgehead atoms. The van der Waals surface area contributed by atoms with Crippen molar-refractivity contribution in [2.75, 3.05) is 5.32 Å². The molecule has 0 atom stereocenters. The molecule has 4 aromatic rings. The minimum absolute atomic E-state index is 0.111.